The highest BCUT2D eigenvalue weighted by Gasteiger charge is 2.18. The second-order valence-electron chi connectivity index (χ2n) is 9.39. The molecule has 0 atom stereocenters. The van der Waals surface area contributed by atoms with Crippen molar-refractivity contribution in [1.82, 2.24) is 4.98 Å². The van der Waals surface area contributed by atoms with E-state index in [1.54, 1.807) is 18.2 Å². The van der Waals surface area contributed by atoms with Gasteiger partial charge >= 0.3 is 11.9 Å². The lowest BCUT2D eigenvalue weighted by Crippen LogP contribution is -2.21. The van der Waals surface area contributed by atoms with Gasteiger partial charge in [-0.2, -0.15) is 0 Å². The van der Waals surface area contributed by atoms with Crippen LogP contribution in [0.4, 0.5) is 5.69 Å². The molecular formula is C32H30N2O8. The first-order chi connectivity index (χ1) is 20.3. The number of fused-ring (bicyclic) bond motifs is 4. The monoisotopic (exact) mass is 570 g/mol. The van der Waals surface area contributed by atoms with Crippen molar-refractivity contribution in [2.75, 3.05) is 45.4 Å². The van der Waals surface area contributed by atoms with Gasteiger partial charge in [-0.1, -0.05) is 0 Å². The number of carbonyl (C=O) groups is 2. The Morgan fingerprint density at radius 3 is 2.10 bits per heavy atom. The molecule has 0 saturated heterocycles. The van der Waals surface area contributed by atoms with E-state index in [1.165, 1.54) is 38.5 Å². The van der Waals surface area contributed by atoms with E-state index < -0.39 is 11.9 Å². The van der Waals surface area contributed by atoms with E-state index in [2.05, 4.69) is 18.7 Å². The maximum absolute atomic E-state index is 12.9. The van der Waals surface area contributed by atoms with E-state index in [9.17, 15) is 14.4 Å². The Hall–Kier alpha value is -5.12. The van der Waals surface area contributed by atoms with Crippen molar-refractivity contribution < 1.29 is 33.0 Å². The highest BCUT2D eigenvalue weighted by Crippen LogP contribution is 2.33. The quantitative estimate of drug-likeness (QED) is 0.0944. The predicted octanol–water partition coefficient (Wildman–Crippen LogP) is 5.32. The summed E-state index contributed by atoms with van der Waals surface area (Å²) < 4.78 is 27.3. The van der Waals surface area contributed by atoms with Crippen molar-refractivity contribution in [2.45, 2.75) is 13.8 Å². The van der Waals surface area contributed by atoms with Gasteiger partial charge in [0.2, 0.25) is 0 Å². The third-order valence-electron chi connectivity index (χ3n) is 6.90. The molecule has 0 spiro atoms. The van der Waals surface area contributed by atoms with E-state index in [0.29, 0.717) is 39.1 Å². The Morgan fingerprint density at radius 1 is 0.786 bits per heavy atom. The first-order valence-corrected chi connectivity index (χ1v) is 13.5. The molecule has 5 rings (SSSR count). The van der Waals surface area contributed by atoms with Gasteiger partial charge in [0.05, 0.1) is 25.3 Å². The summed E-state index contributed by atoms with van der Waals surface area (Å²) in [6, 6.07) is 16.8. The Morgan fingerprint density at radius 2 is 1.45 bits per heavy atom. The van der Waals surface area contributed by atoms with Crippen LogP contribution in [0.1, 0.15) is 34.6 Å². The minimum absolute atomic E-state index is 0.110. The maximum atomic E-state index is 12.9. The van der Waals surface area contributed by atoms with Crippen LogP contribution in [-0.2, 0) is 9.47 Å². The molecule has 2 aliphatic rings. The molecule has 0 saturated carbocycles. The minimum Gasteiger partial charge on any atom is -0.490 e. The number of anilines is 1. The Labute approximate surface area is 241 Å². The van der Waals surface area contributed by atoms with Gasteiger partial charge in [0.1, 0.15) is 35.9 Å². The SMILES string of the molecule is CCN(CC)c1ccc2nc3c4cc(OCCOc5cc(C(=O)OC)cc(C(=O)OC)c5)ccc4c(=O)cc-3oc2c1. The van der Waals surface area contributed by atoms with Gasteiger partial charge in [0.15, 0.2) is 16.8 Å². The molecule has 0 radical (unpaired) electrons. The first-order valence-electron chi connectivity index (χ1n) is 13.5. The molecule has 0 N–H and O–H groups in total. The molecule has 10 heteroatoms. The highest BCUT2D eigenvalue weighted by atomic mass is 16.5. The fraction of sp³-hybridized carbons (Fsp3) is 0.250. The lowest BCUT2D eigenvalue weighted by Gasteiger charge is -2.21. The third-order valence-corrected chi connectivity index (χ3v) is 6.90. The molecule has 1 aliphatic carbocycles. The average molecular weight is 571 g/mol. The summed E-state index contributed by atoms with van der Waals surface area (Å²) in [5.41, 5.74) is 2.99. The van der Waals surface area contributed by atoms with Crippen LogP contribution in [-0.4, -0.2) is 57.4 Å². The molecule has 0 bridgehead atoms. The van der Waals surface area contributed by atoms with Crippen LogP contribution < -0.4 is 19.8 Å². The lowest BCUT2D eigenvalue weighted by molar-refractivity contribution is 0.0598. The maximum Gasteiger partial charge on any atom is 0.338 e. The molecule has 0 fully saturated rings. The van der Waals surface area contributed by atoms with Gasteiger partial charge in [-0.3, -0.25) is 4.79 Å². The number of hydrogen-bond donors (Lipinski definition) is 0. The number of benzene rings is 4. The van der Waals surface area contributed by atoms with Crippen LogP contribution in [0, 0.1) is 0 Å². The van der Waals surface area contributed by atoms with E-state index >= 15 is 0 Å². The van der Waals surface area contributed by atoms with Crippen LogP contribution >= 0.6 is 0 Å². The van der Waals surface area contributed by atoms with Gasteiger partial charge in [-0.05, 0) is 62.4 Å². The summed E-state index contributed by atoms with van der Waals surface area (Å²) >= 11 is 0. The molecule has 3 aromatic rings. The van der Waals surface area contributed by atoms with E-state index in [-0.39, 0.29) is 35.5 Å². The van der Waals surface area contributed by atoms with E-state index in [1.807, 2.05) is 18.2 Å². The number of methoxy groups -OCH3 is 2. The van der Waals surface area contributed by atoms with Gasteiger partial charge in [0, 0.05) is 41.7 Å². The molecule has 0 aromatic heterocycles. The standard InChI is InChI=1S/C32H30N2O8/c1-5-34(6-2)21-7-10-26-28(16-21)42-29-18-27(35)24-9-8-22(17-25(24)30(29)33-26)40-11-12-41-23-14-19(31(36)38-3)13-20(15-23)32(37)39-4/h7-10,13-18H,5-6,11-12H2,1-4H3. The Balaban J connectivity index is 1.38. The number of rotatable bonds is 10. The molecule has 42 heavy (non-hydrogen) atoms. The number of ether oxygens (including phenoxy) is 4. The molecule has 0 unspecified atom stereocenters. The van der Waals surface area contributed by atoms with Crippen LogP contribution in [0.2, 0.25) is 0 Å². The minimum atomic E-state index is -0.611. The van der Waals surface area contributed by atoms with Crippen LogP contribution in [0.15, 0.2) is 69.9 Å². The van der Waals surface area contributed by atoms with Crippen molar-refractivity contribution in [3.05, 3.63) is 82.0 Å². The van der Waals surface area contributed by atoms with Gasteiger partial charge in [-0.15, -0.1) is 0 Å². The summed E-state index contributed by atoms with van der Waals surface area (Å²) in [4.78, 5) is 44.0. The van der Waals surface area contributed by atoms with Crippen molar-refractivity contribution >= 4 is 39.5 Å². The molecule has 0 amide bonds. The van der Waals surface area contributed by atoms with Crippen LogP contribution in [0.25, 0.3) is 33.3 Å². The topological polar surface area (TPSA) is 117 Å². The fourth-order valence-corrected chi connectivity index (χ4v) is 4.79. The molecule has 10 nitrogen and oxygen atoms in total. The highest BCUT2D eigenvalue weighted by molar-refractivity contribution is 5.98. The summed E-state index contributed by atoms with van der Waals surface area (Å²) in [7, 11) is 2.50. The average Bonchev–Trinajstić information content (AvgIpc) is 3.02. The summed E-state index contributed by atoms with van der Waals surface area (Å²) in [5.74, 6) is -0.0375. The zero-order chi connectivity index (χ0) is 29.8. The Kier molecular flexibility index (Phi) is 8.24. The van der Waals surface area contributed by atoms with Crippen molar-refractivity contribution in [3.63, 3.8) is 0 Å². The molecule has 1 heterocycles. The predicted molar refractivity (Wildman–Crippen MR) is 158 cm³/mol. The molecule has 1 aliphatic heterocycles. The zero-order valence-corrected chi connectivity index (χ0v) is 23.8. The fourth-order valence-electron chi connectivity index (χ4n) is 4.79. The van der Waals surface area contributed by atoms with Gasteiger partial charge in [-0.25, -0.2) is 14.6 Å². The molecule has 3 aromatic carbocycles. The summed E-state index contributed by atoms with van der Waals surface area (Å²) in [5, 5.41) is 1.12. The van der Waals surface area contributed by atoms with E-state index in [4.69, 9.17) is 28.3 Å². The number of esters is 2. The summed E-state index contributed by atoms with van der Waals surface area (Å²) in [6.45, 7) is 6.16. The molecular weight excluding hydrogens is 540 g/mol. The van der Waals surface area contributed by atoms with Gasteiger partial charge < -0.3 is 28.3 Å². The van der Waals surface area contributed by atoms with Gasteiger partial charge in [0.25, 0.3) is 0 Å². The second-order valence-corrected chi connectivity index (χ2v) is 9.39. The number of carbonyl (C=O) groups excluding carboxylic acids is 2. The largest absolute Gasteiger partial charge is 0.490 e. The number of aromatic nitrogens is 1. The van der Waals surface area contributed by atoms with E-state index in [0.717, 1.165) is 18.8 Å². The lowest BCUT2D eigenvalue weighted by atomic mass is 10.0. The smallest absolute Gasteiger partial charge is 0.338 e. The van der Waals surface area contributed by atoms with Crippen molar-refractivity contribution in [2.24, 2.45) is 0 Å². The molecule has 216 valence electrons. The van der Waals surface area contributed by atoms with Crippen molar-refractivity contribution in [3.8, 4) is 23.0 Å². The second kappa shape index (κ2) is 12.2. The normalized spacial score (nSPS) is 11.0. The number of hydrogen-bond acceptors (Lipinski definition) is 10. The Bertz CT molecular complexity index is 1770. The van der Waals surface area contributed by atoms with Crippen LogP contribution in [0.5, 0.6) is 11.5 Å². The summed E-state index contributed by atoms with van der Waals surface area (Å²) in [6.07, 6.45) is 0. The zero-order valence-electron chi connectivity index (χ0n) is 23.8. The third kappa shape index (κ3) is 5.69. The first kappa shape index (κ1) is 28.4. The van der Waals surface area contributed by atoms with Crippen molar-refractivity contribution in [1.29, 1.82) is 0 Å². The van der Waals surface area contributed by atoms with Crippen LogP contribution in [0.3, 0.4) is 0 Å². The number of nitrogens with zero attached hydrogens (tertiary/aromatic N) is 2.